The van der Waals surface area contributed by atoms with Crippen LogP contribution in [0.4, 0.5) is 14.5 Å². The normalized spacial score (nSPS) is 12.0. The van der Waals surface area contributed by atoms with Gasteiger partial charge in [-0.1, -0.05) is 30.3 Å². The van der Waals surface area contributed by atoms with E-state index in [0.29, 0.717) is 5.56 Å². The highest BCUT2D eigenvalue weighted by Crippen LogP contribution is 2.24. The Morgan fingerprint density at radius 3 is 2.45 bits per heavy atom. The fourth-order valence-corrected chi connectivity index (χ4v) is 1.91. The number of hydrogen-bond acceptors (Lipinski definition) is 1. The molecule has 1 atom stereocenters. The average molecular weight is 296 g/mol. The minimum Gasteiger partial charge on any atom is -0.322 e. The molecule has 0 fully saturated rings. The quantitative estimate of drug-likeness (QED) is 0.845. The molecule has 20 heavy (non-hydrogen) atoms. The number of alkyl halides is 1. The van der Waals surface area contributed by atoms with Crippen molar-refractivity contribution in [2.45, 2.75) is 12.3 Å². The number of rotatable bonds is 3. The Balaban J connectivity index is 2.18. The molecule has 0 aromatic heterocycles. The lowest BCUT2D eigenvalue weighted by atomic mass is 10.1. The van der Waals surface area contributed by atoms with Crippen LogP contribution in [0.25, 0.3) is 0 Å². The summed E-state index contributed by atoms with van der Waals surface area (Å²) in [5.74, 6) is -1.90. The predicted molar refractivity (Wildman–Crippen MR) is 74.8 cm³/mol. The first-order chi connectivity index (χ1) is 9.49. The molecule has 104 valence electrons. The molecule has 0 aliphatic rings. The predicted octanol–water partition coefficient (Wildman–Crippen LogP) is 4.19. The molecule has 5 heteroatoms. The highest BCUT2D eigenvalue weighted by molar-refractivity contribution is 6.32. The Kier molecular flexibility index (Phi) is 4.35. The molecule has 0 heterocycles. The summed E-state index contributed by atoms with van der Waals surface area (Å²) < 4.78 is 27.0. The molecule has 0 spiro atoms. The monoisotopic (exact) mass is 295 g/mol. The van der Waals surface area contributed by atoms with Crippen molar-refractivity contribution in [2.24, 2.45) is 0 Å². The molecule has 2 aromatic carbocycles. The van der Waals surface area contributed by atoms with E-state index < -0.39 is 22.9 Å². The number of benzene rings is 2. The minimum atomic E-state index is -0.972. The molecule has 2 nitrogen and oxygen atoms in total. The zero-order valence-corrected chi connectivity index (χ0v) is 11.4. The van der Waals surface area contributed by atoms with Crippen LogP contribution in [-0.2, 0) is 4.79 Å². The van der Waals surface area contributed by atoms with Gasteiger partial charge in [0.1, 0.15) is 17.0 Å². The van der Waals surface area contributed by atoms with E-state index in [1.807, 2.05) is 0 Å². The molecular weight excluding hydrogens is 284 g/mol. The van der Waals surface area contributed by atoms with Crippen LogP contribution in [-0.4, -0.2) is 5.91 Å². The van der Waals surface area contributed by atoms with E-state index in [0.717, 1.165) is 12.1 Å². The van der Waals surface area contributed by atoms with Crippen LogP contribution in [0.2, 0.25) is 0 Å². The number of amides is 1. The van der Waals surface area contributed by atoms with Gasteiger partial charge < -0.3 is 5.32 Å². The topological polar surface area (TPSA) is 29.1 Å². The molecule has 0 bridgehead atoms. The second-order valence-electron chi connectivity index (χ2n) is 4.34. The van der Waals surface area contributed by atoms with Gasteiger partial charge in [0.05, 0.1) is 5.69 Å². The number of aryl methyl sites for hydroxylation is 1. The lowest BCUT2D eigenvalue weighted by Crippen LogP contribution is -2.18. The summed E-state index contributed by atoms with van der Waals surface area (Å²) in [6.45, 7) is 1.44. The van der Waals surface area contributed by atoms with Crippen molar-refractivity contribution in [1.82, 2.24) is 0 Å². The summed E-state index contributed by atoms with van der Waals surface area (Å²) in [7, 11) is 0. The van der Waals surface area contributed by atoms with Gasteiger partial charge in [-0.15, -0.1) is 11.6 Å². The van der Waals surface area contributed by atoms with Crippen LogP contribution in [0.3, 0.4) is 0 Å². The number of halogens is 3. The minimum absolute atomic E-state index is 0.172. The maximum absolute atomic E-state index is 13.6. The first-order valence-electron chi connectivity index (χ1n) is 5.94. The fraction of sp³-hybridized carbons (Fsp3) is 0.133. The zero-order chi connectivity index (χ0) is 14.7. The van der Waals surface area contributed by atoms with Crippen LogP contribution < -0.4 is 5.32 Å². The fourth-order valence-electron chi connectivity index (χ4n) is 1.71. The van der Waals surface area contributed by atoms with Crippen molar-refractivity contribution >= 4 is 23.2 Å². The molecule has 1 N–H and O–H groups in total. The van der Waals surface area contributed by atoms with Gasteiger partial charge in [0.15, 0.2) is 0 Å². The SMILES string of the molecule is Cc1cc(F)c(NC(=O)C(Cl)c2ccccc2)cc1F. The Labute approximate surface area is 120 Å². The van der Waals surface area contributed by atoms with Crippen molar-refractivity contribution < 1.29 is 13.6 Å². The Hall–Kier alpha value is -1.94. The molecule has 0 aliphatic carbocycles. The summed E-state index contributed by atoms with van der Waals surface area (Å²) in [5.41, 5.74) is 0.533. The second kappa shape index (κ2) is 6.01. The van der Waals surface area contributed by atoms with Crippen LogP contribution in [0, 0.1) is 18.6 Å². The van der Waals surface area contributed by atoms with Crippen molar-refractivity contribution in [2.75, 3.05) is 5.32 Å². The van der Waals surface area contributed by atoms with Gasteiger partial charge in [-0.3, -0.25) is 4.79 Å². The first-order valence-corrected chi connectivity index (χ1v) is 6.38. The molecule has 2 aromatic rings. The molecule has 0 saturated carbocycles. The third-order valence-corrected chi connectivity index (χ3v) is 3.28. The smallest absolute Gasteiger partial charge is 0.247 e. The third kappa shape index (κ3) is 3.14. The van der Waals surface area contributed by atoms with E-state index in [1.54, 1.807) is 30.3 Å². The van der Waals surface area contributed by atoms with Crippen LogP contribution >= 0.6 is 11.6 Å². The summed E-state index contributed by atoms with van der Waals surface area (Å²) >= 11 is 6.00. The second-order valence-corrected chi connectivity index (χ2v) is 4.78. The van der Waals surface area contributed by atoms with Crippen LogP contribution in [0.5, 0.6) is 0 Å². The molecular formula is C15H12ClF2NO. The van der Waals surface area contributed by atoms with E-state index in [4.69, 9.17) is 11.6 Å². The standard InChI is InChI=1S/C15H12ClF2NO/c1-9-7-12(18)13(8-11(9)17)19-15(20)14(16)10-5-3-2-4-6-10/h2-8,14H,1H3,(H,19,20). The number of carbonyl (C=O) groups is 1. The van der Waals surface area contributed by atoms with Gasteiger partial charge in [-0.05, 0) is 24.1 Å². The van der Waals surface area contributed by atoms with Crippen molar-refractivity contribution in [3.05, 3.63) is 65.2 Å². The molecule has 1 amide bonds. The summed E-state index contributed by atoms with van der Waals surface area (Å²) in [4.78, 5) is 11.9. The maximum atomic E-state index is 13.6. The van der Waals surface area contributed by atoms with Gasteiger partial charge in [-0.2, -0.15) is 0 Å². The Morgan fingerprint density at radius 1 is 1.15 bits per heavy atom. The number of nitrogens with one attached hydrogen (secondary N) is 1. The molecule has 1 unspecified atom stereocenters. The van der Waals surface area contributed by atoms with Crippen LogP contribution in [0.1, 0.15) is 16.5 Å². The van der Waals surface area contributed by atoms with E-state index in [2.05, 4.69) is 5.32 Å². The molecule has 0 radical (unpaired) electrons. The lowest BCUT2D eigenvalue weighted by molar-refractivity contribution is -0.116. The van der Waals surface area contributed by atoms with Gasteiger partial charge in [0.25, 0.3) is 0 Å². The van der Waals surface area contributed by atoms with E-state index in [1.165, 1.54) is 6.92 Å². The summed E-state index contributed by atoms with van der Waals surface area (Å²) in [6, 6.07) is 10.6. The Morgan fingerprint density at radius 2 is 1.80 bits per heavy atom. The van der Waals surface area contributed by atoms with E-state index in [-0.39, 0.29) is 11.3 Å². The van der Waals surface area contributed by atoms with Gasteiger partial charge in [0.2, 0.25) is 5.91 Å². The lowest BCUT2D eigenvalue weighted by Gasteiger charge is -2.12. The van der Waals surface area contributed by atoms with E-state index in [9.17, 15) is 13.6 Å². The summed E-state index contributed by atoms with van der Waals surface area (Å²) in [5, 5.41) is 1.32. The molecule has 0 saturated heterocycles. The highest BCUT2D eigenvalue weighted by Gasteiger charge is 2.19. The van der Waals surface area contributed by atoms with Crippen molar-refractivity contribution in [1.29, 1.82) is 0 Å². The maximum Gasteiger partial charge on any atom is 0.247 e. The van der Waals surface area contributed by atoms with Crippen LogP contribution in [0.15, 0.2) is 42.5 Å². The summed E-state index contributed by atoms with van der Waals surface area (Å²) in [6.07, 6.45) is 0. The Bertz CT molecular complexity index is 631. The average Bonchev–Trinajstić information content (AvgIpc) is 2.44. The molecule has 2 rings (SSSR count). The van der Waals surface area contributed by atoms with Gasteiger partial charge in [0, 0.05) is 6.07 Å². The van der Waals surface area contributed by atoms with Crippen molar-refractivity contribution in [3.8, 4) is 0 Å². The third-order valence-electron chi connectivity index (χ3n) is 2.83. The largest absolute Gasteiger partial charge is 0.322 e. The number of anilines is 1. The molecule has 0 aliphatic heterocycles. The zero-order valence-electron chi connectivity index (χ0n) is 10.7. The van der Waals surface area contributed by atoms with E-state index >= 15 is 0 Å². The number of carbonyl (C=O) groups excluding carboxylic acids is 1. The van der Waals surface area contributed by atoms with Crippen molar-refractivity contribution in [3.63, 3.8) is 0 Å². The number of hydrogen-bond donors (Lipinski definition) is 1. The van der Waals surface area contributed by atoms with Gasteiger partial charge in [-0.25, -0.2) is 8.78 Å². The first kappa shape index (κ1) is 14.5. The van der Waals surface area contributed by atoms with Gasteiger partial charge >= 0.3 is 0 Å². The highest BCUT2D eigenvalue weighted by atomic mass is 35.5.